The van der Waals surface area contributed by atoms with Gasteiger partial charge in [-0.05, 0) is 25.0 Å². The third-order valence-electron chi connectivity index (χ3n) is 3.23. The molecule has 3 rings (SSSR count). The van der Waals surface area contributed by atoms with Gasteiger partial charge in [0.05, 0.1) is 0 Å². The van der Waals surface area contributed by atoms with E-state index in [-0.39, 0.29) is 11.9 Å². The van der Waals surface area contributed by atoms with Crippen molar-refractivity contribution in [1.82, 2.24) is 4.98 Å². The number of fused-ring (bicyclic) bond motifs is 1. The summed E-state index contributed by atoms with van der Waals surface area (Å²) >= 11 is 0. The van der Waals surface area contributed by atoms with E-state index < -0.39 is 0 Å². The van der Waals surface area contributed by atoms with E-state index >= 15 is 0 Å². The Morgan fingerprint density at radius 1 is 1.50 bits per heavy atom. The number of carbonyl (C=O) groups excluding carboxylic acids is 1. The summed E-state index contributed by atoms with van der Waals surface area (Å²) in [7, 11) is 0. The lowest BCUT2D eigenvalue weighted by molar-refractivity contribution is -0.119. The fourth-order valence-electron chi connectivity index (χ4n) is 2.34. The summed E-state index contributed by atoms with van der Waals surface area (Å²) < 4.78 is 5.64. The first-order valence-corrected chi connectivity index (χ1v) is 5.87. The Kier molecular flexibility index (Phi) is 2.36. The number of nitrogen functional groups attached to an aromatic ring is 1. The van der Waals surface area contributed by atoms with Crippen molar-refractivity contribution in [1.29, 1.82) is 0 Å². The van der Waals surface area contributed by atoms with Gasteiger partial charge in [-0.1, -0.05) is 0 Å². The van der Waals surface area contributed by atoms with Crippen LogP contribution in [0.25, 0.3) is 11.1 Å². The minimum absolute atomic E-state index is 0.324. The molecule has 0 saturated carbocycles. The molecule has 1 fully saturated rings. The lowest BCUT2D eigenvalue weighted by Crippen LogP contribution is -2.40. The Balaban J connectivity index is 2.01. The summed E-state index contributed by atoms with van der Waals surface area (Å²) in [6.07, 6.45) is 1.66. The lowest BCUT2D eigenvalue weighted by Gasteiger charge is -2.19. The maximum absolute atomic E-state index is 11.3. The number of hydrogen-bond acceptors (Lipinski definition) is 5. The van der Waals surface area contributed by atoms with Gasteiger partial charge in [0.25, 0.3) is 6.01 Å². The molecule has 4 N–H and O–H groups in total. The Hall–Kier alpha value is -2.24. The zero-order valence-corrected chi connectivity index (χ0v) is 9.80. The number of carbonyl (C=O) groups is 1. The second-order valence-corrected chi connectivity index (χ2v) is 4.48. The van der Waals surface area contributed by atoms with E-state index in [1.807, 2.05) is 4.90 Å². The molecule has 1 unspecified atom stereocenters. The second kappa shape index (κ2) is 3.90. The molecule has 6 nitrogen and oxygen atoms in total. The highest BCUT2D eigenvalue weighted by Gasteiger charge is 2.32. The van der Waals surface area contributed by atoms with Crippen molar-refractivity contribution in [2.24, 2.45) is 5.73 Å². The predicted octanol–water partition coefficient (Wildman–Crippen LogP) is 0.864. The van der Waals surface area contributed by atoms with Crippen LogP contribution in [0.1, 0.15) is 12.8 Å². The highest BCUT2D eigenvalue weighted by atomic mass is 16.4. The number of amides is 1. The van der Waals surface area contributed by atoms with Crippen LogP contribution in [0, 0.1) is 0 Å². The van der Waals surface area contributed by atoms with Crippen LogP contribution in [0.5, 0.6) is 0 Å². The molecule has 6 heteroatoms. The third kappa shape index (κ3) is 1.66. The van der Waals surface area contributed by atoms with Crippen LogP contribution in [0.2, 0.25) is 0 Å². The van der Waals surface area contributed by atoms with E-state index in [2.05, 4.69) is 4.98 Å². The number of nitrogens with zero attached hydrogens (tertiary/aromatic N) is 2. The monoisotopic (exact) mass is 246 g/mol. The summed E-state index contributed by atoms with van der Waals surface area (Å²) in [6, 6.07) is 5.41. The summed E-state index contributed by atoms with van der Waals surface area (Å²) in [5, 5.41) is 0. The molecule has 1 aromatic carbocycles. The van der Waals surface area contributed by atoms with Crippen LogP contribution >= 0.6 is 0 Å². The third-order valence-corrected chi connectivity index (χ3v) is 3.23. The first kappa shape index (κ1) is 10.9. The van der Waals surface area contributed by atoms with Crippen molar-refractivity contribution in [2.75, 3.05) is 17.2 Å². The van der Waals surface area contributed by atoms with E-state index in [1.54, 1.807) is 18.2 Å². The van der Waals surface area contributed by atoms with Gasteiger partial charge < -0.3 is 20.8 Å². The van der Waals surface area contributed by atoms with Gasteiger partial charge in [0.1, 0.15) is 11.6 Å². The first-order valence-electron chi connectivity index (χ1n) is 5.87. The smallest absolute Gasteiger partial charge is 0.299 e. The highest BCUT2D eigenvalue weighted by Crippen LogP contribution is 2.28. The van der Waals surface area contributed by atoms with Gasteiger partial charge in [-0.25, -0.2) is 0 Å². The standard InChI is InChI=1S/C12H14N4O2/c13-7-3-4-8-10(6-7)18-12(15-8)16-5-1-2-9(16)11(14)17/h3-4,6,9H,1-2,5,13H2,(H2,14,17). The zero-order chi connectivity index (χ0) is 12.7. The molecular formula is C12H14N4O2. The number of primary amides is 1. The maximum atomic E-state index is 11.3. The number of aromatic nitrogens is 1. The average molecular weight is 246 g/mol. The predicted molar refractivity (Wildman–Crippen MR) is 68.0 cm³/mol. The van der Waals surface area contributed by atoms with Gasteiger partial charge in [0.15, 0.2) is 5.58 Å². The van der Waals surface area contributed by atoms with Crippen LogP contribution < -0.4 is 16.4 Å². The Bertz CT molecular complexity index is 607. The van der Waals surface area contributed by atoms with Gasteiger partial charge in [0, 0.05) is 18.3 Å². The molecule has 2 aromatic rings. The molecule has 1 saturated heterocycles. The van der Waals surface area contributed by atoms with Crippen LogP contribution in [0.4, 0.5) is 11.7 Å². The molecule has 18 heavy (non-hydrogen) atoms. The van der Waals surface area contributed by atoms with E-state index in [0.29, 0.717) is 17.3 Å². The lowest BCUT2D eigenvalue weighted by atomic mass is 10.2. The Morgan fingerprint density at radius 2 is 2.33 bits per heavy atom. The Labute approximate surface area is 104 Å². The van der Waals surface area contributed by atoms with Crippen LogP contribution in [0.15, 0.2) is 22.6 Å². The summed E-state index contributed by atoms with van der Waals surface area (Å²) in [5.74, 6) is -0.339. The topological polar surface area (TPSA) is 98.4 Å². The van der Waals surface area contributed by atoms with Crippen LogP contribution in [-0.4, -0.2) is 23.5 Å². The fourth-order valence-corrected chi connectivity index (χ4v) is 2.34. The number of benzene rings is 1. The summed E-state index contributed by atoms with van der Waals surface area (Å²) in [5.41, 5.74) is 13.0. The van der Waals surface area contributed by atoms with Crippen molar-refractivity contribution in [3.8, 4) is 0 Å². The zero-order valence-electron chi connectivity index (χ0n) is 9.80. The van der Waals surface area contributed by atoms with Gasteiger partial charge in [0.2, 0.25) is 5.91 Å². The number of rotatable bonds is 2. The molecule has 0 bridgehead atoms. The molecule has 1 amide bonds. The van der Waals surface area contributed by atoms with Crippen molar-refractivity contribution < 1.29 is 9.21 Å². The van der Waals surface area contributed by atoms with E-state index in [9.17, 15) is 4.79 Å². The minimum Gasteiger partial charge on any atom is -0.423 e. The molecule has 0 aliphatic carbocycles. The van der Waals surface area contributed by atoms with Crippen molar-refractivity contribution in [3.63, 3.8) is 0 Å². The van der Waals surface area contributed by atoms with Crippen molar-refractivity contribution in [3.05, 3.63) is 18.2 Å². The summed E-state index contributed by atoms with van der Waals surface area (Å²) in [4.78, 5) is 17.5. The SMILES string of the molecule is NC(=O)C1CCCN1c1nc2ccc(N)cc2o1. The number of oxazole rings is 1. The number of anilines is 2. The normalized spacial score (nSPS) is 19.6. The van der Waals surface area contributed by atoms with Crippen LogP contribution in [-0.2, 0) is 4.79 Å². The molecular weight excluding hydrogens is 232 g/mol. The molecule has 0 radical (unpaired) electrons. The van der Waals surface area contributed by atoms with Gasteiger partial charge >= 0.3 is 0 Å². The largest absolute Gasteiger partial charge is 0.423 e. The minimum atomic E-state index is -0.339. The average Bonchev–Trinajstić information content (AvgIpc) is 2.93. The maximum Gasteiger partial charge on any atom is 0.299 e. The summed E-state index contributed by atoms with van der Waals surface area (Å²) in [6.45, 7) is 0.732. The fraction of sp³-hybridized carbons (Fsp3) is 0.333. The van der Waals surface area contributed by atoms with E-state index in [1.165, 1.54) is 0 Å². The van der Waals surface area contributed by atoms with E-state index in [0.717, 1.165) is 24.9 Å². The molecule has 1 aliphatic heterocycles. The van der Waals surface area contributed by atoms with E-state index in [4.69, 9.17) is 15.9 Å². The molecule has 94 valence electrons. The second-order valence-electron chi connectivity index (χ2n) is 4.48. The highest BCUT2D eigenvalue weighted by molar-refractivity contribution is 5.84. The Morgan fingerprint density at radius 3 is 3.11 bits per heavy atom. The van der Waals surface area contributed by atoms with Gasteiger partial charge in [-0.2, -0.15) is 4.98 Å². The molecule has 2 heterocycles. The number of nitrogens with two attached hydrogens (primary N) is 2. The molecule has 1 aromatic heterocycles. The number of hydrogen-bond donors (Lipinski definition) is 2. The molecule has 0 spiro atoms. The van der Waals surface area contributed by atoms with Gasteiger partial charge in [-0.3, -0.25) is 4.79 Å². The molecule has 1 atom stereocenters. The first-order chi connectivity index (χ1) is 8.65. The quantitative estimate of drug-likeness (QED) is 0.766. The molecule has 1 aliphatic rings. The van der Waals surface area contributed by atoms with Crippen molar-refractivity contribution in [2.45, 2.75) is 18.9 Å². The van der Waals surface area contributed by atoms with Crippen molar-refractivity contribution >= 4 is 28.7 Å². The van der Waals surface area contributed by atoms with Crippen LogP contribution in [0.3, 0.4) is 0 Å². The van der Waals surface area contributed by atoms with Gasteiger partial charge in [-0.15, -0.1) is 0 Å².